The highest BCUT2D eigenvalue weighted by atomic mass is 32.2. The van der Waals surface area contributed by atoms with Crippen molar-refractivity contribution in [3.63, 3.8) is 0 Å². The fourth-order valence-corrected chi connectivity index (χ4v) is 3.74. The predicted octanol–water partition coefficient (Wildman–Crippen LogP) is 0.841. The second kappa shape index (κ2) is 4.56. The Morgan fingerprint density at radius 3 is 2.88 bits per heavy atom. The zero-order chi connectivity index (χ0) is 12.5. The maximum Gasteiger partial charge on any atom is 0.244 e. The Bertz CT molecular complexity index is 520. The van der Waals surface area contributed by atoms with Crippen LogP contribution in [-0.4, -0.2) is 30.1 Å². The maximum absolute atomic E-state index is 11.8. The highest BCUT2D eigenvalue weighted by molar-refractivity contribution is 7.91. The summed E-state index contributed by atoms with van der Waals surface area (Å²) in [6.07, 6.45) is 2.13. The van der Waals surface area contributed by atoms with Crippen LogP contribution in [0.4, 0.5) is 0 Å². The summed E-state index contributed by atoms with van der Waals surface area (Å²) in [4.78, 5) is 14.9. The summed E-state index contributed by atoms with van der Waals surface area (Å²) in [6.45, 7) is 1.42. The average Bonchev–Trinajstić information content (AvgIpc) is 2.64. The van der Waals surface area contributed by atoms with E-state index in [9.17, 15) is 13.2 Å². The molecule has 0 spiro atoms. The standard InChI is InChI=1S/C10H14N2O4S/c1-7(13)6-9-11-10(16-12-9)8-4-2-3-5-17(8,14)15/h8H,2-6H2,1H3. The van der Waals surface area contributed by atoms with Crippen LogP contribution < -0.4 is 0 Å². The van der Waals surface area contributed by atoms with Crippen LogP contribution in [0.25, 0.3) is 0 Å². The van der Waals surface area contributed by atoms with Gasteiger partial charge < -0.3 is 4.52 Å². The molecule has 0 amide bonds. The van der Waals surface area contributed by atoms with Crippen LogP contribution in [0.5, 0.6) is 0 Å². The van der Waals surface area contributed by atoms with E-state index < -0.39 is 15.1 Å². The van der Waals surface area contributed by atoms with Gasteiger partial charge in [0.2, 0.25) is 5.89 Å². The van der Waals surface area contributed by atoms with E-state index in [1.807, 2.05) is 0 Å². The smallest absolute Gasteiger partial charge is 0.244 e. The van der Waals surface area contributed by atoms with Crippen LogP contribution in [0.2, 0.25) is 0 Å². The molecule has 2 heterocycles. The van der Waals surface area contributed by atoms with Gasteiger partial charge in [-0.15, -0.1) is 0 Å². The van der Waals surface area contributed by atoms with Crippen molar-refractivity contribution in [3.8, 4) is 0 Å². The lowest BCUT2D eigenvalue weighted by Crippen LogP contribution is -2.21. The molecule has 17 heavy (non-hydrogen) atoms. The van der Waals surface area contributed by atoms with E-state index >= 15 is 0 Å². The van der Waals surface area contributed by atoms with E-state index in [-0.39, 0.29) is 29.7 Å². The summed E-state index contributed by atoms with van der Waals surface area (Å²) in [6, 6.07) is 0. The van der Waals surface area contributed by atoms with Crippen molar-refractivity contribution in [2.24, 2.45) is 0 Å². The molecule has 6 nitrogen and oxygen atoms in total. The summed E-state index contributed by atoms with van der Waals surface area (Å²) in [5.41, 5.74) is 0. The van der Waals surface area contributed by atoms with E-state index in [1.165, 1.54) is 6.92 Å². The lowest BCUT2D eigenvalue weighted by atomic mass is 10.2. The van der Waals surface area contributed by atoms with Gasteiger partial charge in [0.25, 0.3) is 0 Å². The van der Waals surface area contributed by atoms with Crippen LogP contribution in [0.1, 0.15) is 43.2 Å². The van der Waals surface area contributed by atoms with E-state index in [0.717, 1.165) is 6.42 Å². The van der Waals surface area contributed by atoms with Gasteiger partial charge in [-0.05, 0) is 19.8 Å². The molecule has 0 aromatic carbocycles. The molecule has 1 fully saturated rings. The number of aromatic nitrogens is 2. The molecule has 1 aromatic heterocycles. The zero-order valence-corrected chi connectivity index (χ0v) is 10.4. The fraction of sp³-hybridized carbons (Fsp3) is 0.700. The Kier molecular flexibility index (Phi) is 3.28. The van der Waals surface area contributed by atoms with Gasteiger partial charge in [-0.3, -0.25) is 4.79 Å². The van der Waals surface area contributed by atoms with Crippen molar-refractivity contribution in [2.75, 3.05) is 5.75 Å². The number of sulfone groups is 1. The van der Waals surface area contributed by atoms with E-state index in [0.29, 0.717) is 12.8 Å². The molecule has 94 valence electrons. The molecule has 0 aliphatic carbocycles. The summed E-state index contributed by atoms with van der Waals surface area (Å²) >= 11 is 0. The lowest BCUT2D eigenvalue weighted by Gasteiger charge is -2.18. The third-order valence-electron chi connectivity index (χ3n) is 2.74. The minimum atomic E-state index is -3.17. The molecular weight excluding hydrogens is 244 g/mol. The SMILES string of the molecule is CC(=O)Cc1noc(C2CCCCS2(=O)=O)n1. The highest BCUT2D eigenvalue weighted by Gasteiger charge is 2.34. The van der Waals surface area contributed by atoms with Crippen molar-refractivity contribution in [1.82, 2.24) is 10.1 Å². The normalized spacial score (nSPS) is 23.5. The van der Waals surface area contributed by atoms with E-state index in [2.05, 4.69) is 10.1 Å². The number of ketones is 1. The number of hydrogen-bond acceptors (Lipinski definition) is 6. The Morgan fingerprint density at radius 1 is 1.47 bits per heavy atom. The Hall–Kier alpha value is -1.24. The first kappa shape index (κ1) is 12.2. The molecule has 1 aliphatic heterocycles. The zero-order valence-electron chi connectivity index (χ0n) is 9.55. The summed E-state index contributed by atoms with van der Waals surface area (Å²) in [7, 11) is -3.17. The monoisotopic (exact) mass is 258 g/mol. The van der Waals surface area contributed by atoms with E-state index in [1.54, 1.807) is 0 Å². The molecule has 7 heteroatoms. The van der Waals surface area contributed by atoms with Crippen molar-refractivity contribution >= 4 is 15.6 Å². The van der Waals surface area contributed by atoms with E-state index in [4.69, 9.17) is 4.52 Å². The van der Waals surface area contributed by atoms with Gasteiger partial charge in [0.15, 0.2) is 15.7 Å². The van der Waals surface area contributed by atoms with Gasteiger partial charge in [0, 0.05) is 0 Å². The van der Waals surface area contributed by atoms with Crippen LogP contribution in [0, 0.1) is 0 Å². The molecule has 1 atom stereocenters. The molecular formula is C10H14N2O4S. The molecule has 1 aromatic rings. The highest BCUT2D eigenvalue weighted by Crippen LogP contribution is 2.32. The van der Waals surface area contributed by atoms with Gasteiger partial charge >= 0.3 is 0 Å². The topological polar surface area (TPSA) is 90.1 Å². The largest absolute Gasteiger partial charge is 0.338 e. The Morgan fingerprint density at radius 2 is 2.24 bits per heavy atom. The van der Waals surface area contributed by atoms with Crippen molar-refractivity contribution in [1.29, 1.82) is 0 Å². The van der Waals surface area contributed by atoms with Crippen LogP contribution in [-0.2, 0) is 21.1 Å². The van der Waals surface area contributed by atoms with Gasteiger partial charge in [0.05, 0.1) is 12.2 Å². The quantitative estimate of drug-likeness (QED) is 0.798. The molecule has 1 aliphatic rings. The van der Waals surface area contributed by atoms with Gasteiger partial charge in [0.1, 0.15) is 11.0 Å². The summed E-state index contributed by atoms with van der Waals surface area (Å²) in [5, 5.41) is 2.94. The number of Topliss-reactive ketones (excluding diaryl/α,β-unsaturated/α-hetero) is 1. The van der Waals surface area contributed by atoms with Crippen LogP contribution in [0.3, 0.4) is 0 Å². The minimum Gasteiger partial charge on any atom is -0.338 e. The second-order valence-corrected chi connectivity index (χ2v) is 6.58. The Labute approximate surface area is 99.3 Å². The molecule has 1 unspecified atom stereocenters. The van der Waals surface area contributed by atoms with Gasteiger partial charge in [-0.2, -0.15) is 4.98 Å². The van der Waals surface area contributed by atoms with Crippen molar-refractivity contribution < 1.29 is 17.7 Å². The average molecular weight is 258 g/mol. The molecule has 2 rings (SSSR count). The van der Waals surface area contributed by atoms with Crippen molar-refractivity contribution in [2.45, 2.75) is 37.9 Å². The first-order valence-corrected chi connectivity index (χ1v) is 7.24. The molecule has 1 saturated heterocycles. The molecule has 0 saturated carbocycles. The molecule has 0 bridgehead atoms. The van der Waals surface area contributed by atoms with Crippen molar-refractivity contribution in [3.05, 3.63) is 11.7 Å². The second-order valence-electron chi connectivity index (χ2n) is 4.28. The predicted molar refractivity (Wildman–Crippen MR) is 59.1 cm³/mol. The fourth-order valence-electron chi connectivity index (χ4n) is 1.92. The summed E-state index contributed by atoms with van der Waals surface area (Å²) < 4.78 is 28.6. The Balaban J connectivity index is 2.22. The van der Waals surface area contributed by atoms with Crippen LogP contribution in [0.15, 0.2) is 4.52 Å². The molecule has 0 radical (unpaired) electrons. The number of carbonyl (C=O) groups is 1. The number of rotatable bonds is 3. The van der Waals surface area contributed by atoms with Crippen LogP contribution >= 0.6 is 0 Å². The van der Waals surface area contributed by atoms with Gasteiger partial charge in [-0.1, -0.05) is 11.6 Å². The first-order valence-electron chi connectivity index (χ1n) is 5.52. The summed E-state index contributed by atoms with van der Waals surface area (Å²) in [5.74, 6) is 0.473. The van der Waals surface area contributed by atoms with Gasteiger partial charge in [-0.25, -0.2) is 8.42 Å². The number of nitrogens with zero attached hydrogens (tertiary/aromatic N) is 2. The molecule has 0 N–H and O–H groups in total. The lowest BCUT2D eigenvalue weighted by molar-refractivity contribution is -0.116. The first-order chi connectivity index (χ1) is 7.99. The number of hydrogen-bond donors (Lipinski definition) is 0. The third-order valence-corrected chi connectivity index (χ3v) is 4.91. The third kappa shape index (κ3) is 2.71. The number of carbonyl (C=O) groups excluding carboxylic acids is 1. The maximum atomic E-state index is 11.8. The minimum absolute atomic E-state index is 0.0796.